The third-order valence-corrected chi connectivity index (χ3v) is 5.30. The number of rotatable bonds is 2. The number of carboxylic acid groups (broad SMARTS) is 1. The van der Waals surface area contributed by atoms with E-state index >= 15 is 0 Å². The molecule has 0 bridgehead atoms. The maximum Gasteiger partial charge on any atom is 0.304 e. The highest BCUT2D eigenvalue weighted by molar-refractivity contribution is 7.67. The zero-order valence-corrected chi connectivity index (χ0v) is 13.5. The quantitative estimate of drug-likeness (QED) is 0.842. The number of aromatic nitrogens is 1. The number of nitrogens with zero attached hydrogens (tertiary/aromatic N) is 1. The van der Waals surface area contributed by atoms with Gasteiger partial charge < -0.3 is 9.67 Å². The third-order valence-electron chi connectivity index (χ3n) is 4.53. The van der Waals surface area contributed by atoms with Crippen molar-refractivity contribution in [2.75, 3.05) is 0 Å². The average Bonchev–Trinajstić information content (AvgIpc) is 2.79. The molecule has 1 aliphatic carbocycles. The van der Waals surface area contributed by atoms with E-state index in [2.05, 4.69) is 10.6 Å². The van der Waals surface area contributed by atoms with Crippen molar-refractivity contribution in [3.63, 3.8) is 0 Å². The van der Waals surface area contributed by atoms with Crippen molar-refractivity contribution in [1.29, 1.82) is 0 Å². The van der Waals surface area contributed by atoms with Crippen molar-refractivity contribution >= 4 is 44.1 Å². The molecule has 3 rings (SSSR count). The number of aliphatic carboxylic acids is 1. The van der Waals surface area contributed by atoms with E-state index in [1.54, 1.807) is 0 Å². The van der Waals surface area contributed by atoms with Crippen molar-refractivity contribution < 1.29 is 14.1 Å². The van der Waals surface area contributed by atoms with Gasteiger partial charge in [-0.05, 0) is 31.1 Å². The second kappa shape index (κ2) is 5.25. The summed E-state index contributed by atoms with van der Waals surface area (Å²) in [5, 5.41) is 12.4. The number of fused-ring (bicyclic) bond motifs is 3. The van der Waals surface area contributed by atoms with Gasteiger partial charge in [-0.15, -0.1) is 0 Å². The summed E-state index contributed by atoms with van der Waals surface area (Å²) >= 11 is 0.425. The Hall–Kier alpha value is -2.14. The lowest BCUT2D eigenvalue weighted by Crippen LogP contribution is -2.41. The lowest BCUT2D eigenvalue weighted by atomic mass is 9.85. The molecule has 1 aromatic carbocycles. The molecule has 22 heavy (non-hydrogen) atoms. The maximum atomic E-state index is 11.6. The fraction of sp³-hybridized carbons (Fsp3) is 0.294. The number of para-hydroxylation sites is 1. The standard InChI is InChI=1S/C17H17NO3S/c1-9-12(8-14(19)20)17(22-21)10(2)15-11-6-4-5-7-13(11)18(3)16(9)15/h4-7,12H,8H2,1-3H3,(H,19,20). The van der Waals surface area contributed by atoms with Gasteiger partial charge in [0, 0.05) is 34.4 Å². The molecule has 1 heterocycles. The predicted molar refractivity (Wildman–Crippen MR) is 89.2 cm³/mol. The largest absolute Gasteiger partial charge is 0.481 e. The van der Waals surface area contributed by atoms with Gasteiger partial charge >= 0.3 is 5.97 Å². The third kappa shape index (κ3) is 1.96. The van der Waals surface area contributed by atoms with Crippen LogP contribution in [0.4, 0.5) is 0 Å². The molecular weight excluding hydrogens is 298 g/mol. The molecule has 1 N–H and O–H groups in total. The zero-order valence-electron chi connectivity index (χ0n) is 12.7. The van der Waals surface area contributed by atoms with E-state index < -0.39 is 5.97 Å². The van der Waals surface area contributed by atoms with Crippen LogP contribution in [0.15, 0.2) is 24.3 Å². The molecule has 0 saturated carbocycles. The Morgan fingerprint density at radius 1 is 1.32 bits per heavy atom. The monoisotopic (exact) mass is 315 g/mol. The van der Waals surface area contributed by atoms with Crippen LogP contribution >= 0.6 is 0 Å². The van der Waals surface area contributed by atoms with E-state index in [9.17, 15) is 14.1 Å². The minimum absolute atomic E-state index is 0.0469. The van der Waals surface area contributed by atoms with Crippen molar-refractivity contribution in [2.45, 2.75) is 20.3 Å². The molecule has 5 heteroatoms. The number of benzene rings is 1. The van der Waals surface area contributed by atoms with Crippen LogP contribution in [-0.2, 0) is 23.1 Å². The zero-order chi connectivity index (χ0) is 16.0. The van der Waals surface area contributed by atoms with Gasteiger partial charge in [0.05, 0.1) is 22.5 Å². The summed E-state index contributed by atoms with van der Waals surface area (Å²) in [6.45, 7) is 3.86. The van der Waals surface area contributed by atoms with Crippen LogP contribution in [0.2, 0.25) is 0 Å². The lowest BCUT2D eigenvalue weighted by Gasteiger charge is -2.21. The molecule has 114 valence electrons. The fourth-order valence-electron chi connectivity index (χ4n) is 3.52. The van der Waals surface area contributed by atoms with Crippen LogP contribution in [0.5, 0.6) is 0 Å². The topological polar surface area (TPSA) is 59.3 Å². The smallest absolute Gasteiger partial charge is 0.304 e. The predicted octanol–water partition coefficient (Wildman–Crippen LogP) is 1.01. The van der Waals surface area contributed by atoms with Gasteiger partial charge in [-0.1, -0.05) is 18.2 Å². The first-order valence-electron chi connectivity index (χ1n) is 7.11. The van der Waals surface area contributed by atoms with E-state index in [-0.39, 0.29) is 12.3 Å². The first-order valence-corrected chi connectivity index (χ1v) is 7.85. The second-order valence-corrected chi connectivity index (χ2v) is 6.31. The summed E-state index contributed by atoms with van der Waals surface area (Å²) in [4.78, 5) is 11.8. The van der Waals surface area contributed by atoms with Gasteiger partial charge in [-0.3, -0.25) is 4.79 Å². The molecule has 2 aromatic rings. The molecular formula is C17H17NO3S. The van der Waals surface area contributed by atoms with E-state index in [4.69, 9.17) is 0 Å². The molecule has 0 aliphatic heterocycles. The molecule has 1 aliphatic rings. The van der Waals surface area contributed by atoms with Crippen LogP contribution in [0, 0.1) is 5.92 Å². The summed E-state index contributed by atoms with van der Waals surface area (Å²) < 4.78 is 13.7. The number of carboxylic acids is 1. The van der Waals surface area contributed by atoms with E-state index in [1.807, 2.05) is 39.1 Å². The van der Waals surface area contributed by atoms with Crippen molar-refractivity contribution in [3.05, 3.63) is 34.8 Å². The SMILES string of the molecule is CC1=c2c(n(C)c3ccccc23)=C(C)C(CC(=O)O)C1=S=O. The Kier molecular flexibility index (Phi) is 3.53. The van der Waals surface area contributed by atoms with E-state index in [1.165, 1.54) is 0 Å². The average molecular weight is 315 g/mol. The van der Waals surface area contributed by atoms with Crippen molar-refractivity contribution in [2.24, 2.45) is 13.0 Å². The van der Waals surface area contributed by atoms with Crippen LogP contribution in [0.25, 0.3) is 22.0 Å². The van der Waals surface area contributed by atoms with Gasteiger partial charge in [-0.2, -0.15) is 0 Å². The Bertz CT molecular complexity index is 977. The fourth-order valence-corrected chi connectivity index (χ4v) is 4.13. The molecule has 1 aromatic heterocycles. The maximum absolute atomic E-state index is 11.6. The normalized spacial score (nSPS) is 17.8. The number of hydrogen-bond acceptors (Lipinski definition) is 2. The van der Waals surface area contributed by atoms with Gasteiger partial charge in [0.15, 0.2) is 0 Å². The summed E-state index contributed by atoms with van der Waals surface area (Å²) in [6.07, 6.45) is -0.0469. The van der Waals surface area contributed by atoms with E-state index in [0.717, 1.165) is 32.6 Å². The number of hydrogen-bond donors (Lipinski definition) is 1. The minimum Gasteiger partial charge on any atom is -0.481 e. The first kappa shape index (κ1) is 14.8. The molecule has 0 fully saturated rings. The van der Waals surface area contributed by atoms with Crippen molar-refractivity contribution in [3.8, 4) is 0 Å². The van der Waals surface area contributed by atoms with Crippen molar-refractivity contribution in [1.82, 2.24) is 4.57 Å². The molecule has 4 nitrogen and oxygen atoms in total. The lowest BCUT2D eigenvalue weighted by molar-refractivity contribution is -0.137. The van der Waals surface area contributed by atoms with Gasteiger partial charge in [0.25, 0.3) is 0 Å². The van der Waals surface area contributed by atoms with Crippen LogP contribution in [-0.4, -0.2) is 24.7 Å². The van der Waals surface area contributed by atoms with Gasteiger partial charge in [0.1, 0.15) is 0 Å². The van der Waals surface area contributed by atoms with E-state index in [0.29, 0.717) is 16.1 Å². The van der Waals surface area contributed by atoms with Crippen LogP contribution in [0.3, 0.4) is 0 Å². The van der Waals surface area contributed by atoms with Gasteiger partial charge in [-0.25, -0.2) is 4.21 Å². The number of aryl methyl sites for hydroxylation is 1. The summed E-state index contributed by atoms with van der Waals surface area (Å²) in [5.74, 6) is -1.22. The molecule has 0 saturated heterocycles. The first-order chi connectivity index (χ1) is 10.5. The molecule has 0 spiro atoms. The summed E-state index contributed by atoms with van der Waals surface area (Å²) in [6, 6.07) is 8.07. The Balaban J connectivity index is 2.55. The molecule has 1 unspecified atom stereocenters. The summed E-state index contributed by atoms with van der Waals surface area (Å²) in [7, 11) is 1.99. The molecule has 0 amide bonds. The molecule has 1 atom stereocenters. The highest BCUT2D eigenvalue weighted by Gasteiger charge is 2.28. The Morgan fingerprint density at radius 2 is 2.00 bits per heavy atom. The minimum atomic E-state index is -0.883. The Morgan fingerprint density at radius 3 is 2.64 bits per heavy atom. The molecule has 0 radical (unpaired) electrons. The highest BCUT2D eigenvalue weighted by Crippen LogP contribution is 2.24. The second-order valence-electron chi connectivity index (χ2n) is 5.71. The Labute approximate surface area is 131 Å². The highest BCUT2D eigenvalue weighted by atomic mass is 32.1. The number of carbonyl (C=O) groups is 1. The van der Waals surface area contributed by atoms with Crippen LogP contribution in [0.1, 0.15) is 20.3 Å². The van der Waals surface area contributed by atoms with Crippen LogP contribution < -0.4 is 10.6 Å². The van der Waals surface area contributed by atoms with Gasteiger partial charge in [0.2, 0.25) is 0 Å². The summed E-state index contributed by atoms with van der Waals surface area (Å²) in [5.41, 5.74) is 2.96.